The fourth-order valence-electron chi connectivity index (χ4n) is 4.06. The van der Waals surface area contributed by atoms with Crippen LogP contribution in [0.25, 0.3) is 0 Å². The molecule has 1 saturated carbocycles. The van der Waals surface area contributed by atoms with E-state index in [-0.39, 0.29) is 29.4 Å². The number of halogens is 1. The Kier molecular flexibility index (Phi) is 11.4. The van der Waals surface area contributed by atoms with Crippen LogP contribution in [-0.2, 0) is 23.1 Å². The number of aryl methyl sites for hydroxylation is 1. The average molecular weight is 522 g/mol. The van der Waals surface area contributed by atoms with Crippen LogP contribution in [0.1, 0.15) is 58.1 Å². The van der Waals surface area contributed by atoms with Crippen molar-refractivity contribution in [3.8, 4) is 0 Å². The third kappa shape index (κ3) is 6.27. The van der Waals surface area contributed by atoms with E-state index in [1.807, 2.05) is 32.6 Å². The highest BCUT2D eigenvalue weighted by molar-refractivity contribution is 14.0. The van der Waals surface area contributed by atoms with Gasteiger partial charge in [0.1, 0.15) is 12.4 Å². The first-order chi connectivity index (χ1) is 13.5. The Morgan fingerprint density at radius 2 is 2.00 bits per heavy atom. The van der Waals surface area contributed by atoms with Crippen molar-refractivity contribution in [3.63, 3.8) is 0 Å². The first kappa shape index (κ1) is 26.1. The smallest absolute Gasteiger partial charge is 0.191 e. The molecule has 2 unspecified atom stereocenters. The molecule has 0 spiro atoms. The summed E-state index contributed by atoms with van der Waals surface area (Å²) in [6, 6.07) is 0.354. The summed E-state index contributed by atoms with van der Waals surface area (Å²) in [5, 5.41) is 15.4. The zero-order chi connectivity index (χ0) is 20.6. The highest BCUT2D eigenvalue weighted by Gasteiger charge is 2.53. The molecule has 2 rings (SSSR count). The quantitative estimate of drug-likeness (QED) is 0.201. The number of ether oxygens (including phenoxy) is 2. The highest BCUT2D eigenvalue weighted by Crippen LogP contribution is 2.48. The maximum Gasteiger partial charge on any atom is 0.191 e. The Bertz CT molecular complexity index is 632. The lowest BCUT2D eigenvalue weighted by Crippen LogP contribution is -2.65. The summed E-state index contributed by atoms with van der Waals surface area (Å²) in [7, 11) is 3.79. The Morgan fingerprint density at radius 3 is 2.55 bits per heavy atom. The Balaban J connectivity index is 0.00000420. The van der Waals surface area contributed by atoms with Crippen molar-refractivity contribution in [2.24, 2.45) is 17.5 Å². The molecule has 0 radical (unpaired) electrons. The van der Waals surface area contributed by atoms with Gasteiger partial charge < -0.3 is 24.7 Å². The summed E-state index contributed by atoms with van der Waals surface area (Å²) in [5.74, 6) is 2.57. The van der Waals surface area contributed by atoms with Gasteiger partial charge in [0.25, 0.3) is 0 Å². The Labute approximate surface area is 192 Å². The predicted molar refractivity (Wildman–Crippen MR) is 127 cm³/mol. The number of guanidine groups is 1. The van der Waals surface area contributed by atoms with Gasteiger partial charge in [-0.1, -0.05) is 13.8 Å². The van der Waals surface area contributed by atoms with Gasteiger partial charge >= 0.3 is 0 Å². The van der Waals surface area contributed by atoms with Gasteiger partial charge in [0.15, 0.2) is 11.8 Å². The molecule has 1 aromatic heterocycles. The van der Waals surface area contributed by atoms with Crippen molar-refractivity contribution >= 4 is 29.9 Å². The van der Waals surface area contributed by atoms with Crippen molar-refractivity contribution in [2.45, 2.75) is 72.1 Å². The monoisotopic (exact) mass is 522 g/mol. The maximum atomic E-state index is 5.73. The van der Waals surface area contributed by atoms with Crippen molar-refractivity contribution < 1.29 is 9.47 Å². The number of aliphatic imine (C=N–C) groups is 1. The number of aromatic nitrogens is 3. The van der Waals surface area contributed by atoms with Gasteiger partial charge in [-0.05, 0) is 39.5 Å². The number of rotatable bonds is 11. The molecular weight excluding hydrogens is 483 g/mol. The molecule has 1 aliphatic rings. The second kappa shape index (κ2) is 12.7. The normalized spacial score (nSPS) is 20.7. The van der Waals surface area contributed by atoms with Crippen molar-refractivity contribution in [2.75, 3.05) is 26.9 Å². The number of hydrogen-bond donors (Lipinski definition) is 2. The van der Waals surface area contributed by atoms with Gasteiger partial charge in [-0.25, -0.2) is 4.99 Å². The molecule has 0 amide bonds. The van der Waals surface area contributed by atoms with Crippen LogP contribution in [0.2, 0.25) is 0 Å². The largest absolute Gasteiger partial charge is 0.382 e. The van der Waals surface area contributed by atoms with Crippen LogP contribution in [0.5, 0.6) is 0 Å². The first-order valence-corrected chi connectivity index (χ1v) is 10.5. The Morgan fingerprint density at radius 1 is 1.28 bits per heavy atom. The van der Waals surface area contributed by atoms with Crippen LogP contribution < -0.4 is 10.6 Å². The van der Waals surface area contributed by atoms with E-state index in [1.54, 1.807) is 0 Å². The minimum atomic E-state index is 0. The summed E-state index contributed by atoms with van der Waals surface area (Å²) < 4.78 is 13.1. The van der Waals surface area contributed by atoms with Crippen LogP contribution in [0.15, 0.2) is 4.99 Å². The summed E-state index contributed by atoms with van der Waals surface area (Å²) in [6.07, 6.45) is 4.41. The molecule has 29 heavy (non-hydrogen) atoms. The van der Waals surface area contributed by atoms with Crippen LogP contribution in [0, 0.1) is 12.3 Å². The molecule has 2 N–H and O–H groups in total. The average Bonchev–Trinajstić information content (AvgIpc) is 3.01. The lowest BCUT2D eigenvalue weighted by molar-refractivity contribution is -0.118. The van der Waals surface area contributed by atoms with Gasteiger partial charge in [-0.3, -0.25) is 0 Å². The molecule has 1 aliphatic carbocycles. The molecule has 0 aromatic carbocycles. The number of nitrogens with zero attached hydrogens (tertiary/aromatic N) is 4. The molecule has 9 heteroatoms. The Hall–Kier alpha value is -0.940. The van der Waals surface area contributed by atoms with Crippen LogP contribution >= 0.6 is 24.0 Å². The molecule has 0 saturated heterocycles. The third-order valence-corrected chi connectivity index (χ3v) is 6.22. The van der Waals surface area contributed by atoms with E-state index in [0.29, 0.717) is 18.7 Å². The highest BCUT2D eigenvalue weighted by atomic mass is 127. The number of nitrogens with one attached hydrogen (secondary N) is 2. The van der Waals surface area contributed by atoms with E-state index >= 15 is 0 Å². The van der Waals surface area contributed by atoms with Gasteiger partial charge in [-0.2, -0.15) is 0 Å². The lowest BCUT2D eigenvalue weighted by Gasteiger charge is -2.55. The molecule has 0 bridgehead atoms. The fourth-order valence-corrected chi connectivity index (χ4v) is 4.06. The predicted octanol–water partition coefficient (Wildman–Crippen LogP) is 2.80. The van der Waals surface area contributed by atoms with Crippen LogP contribution in [-0.4, -0.2) is 59.7 Å². The van der Waals surface area contributed by atoms with Crippen LogP contribution in [0.3, 0.4) is 0 Å². The van der Waals surface area contributed by atoms with Gasteiger partial charge in [0, 0.05) is 45.4 Å². The number of hydrogen-bond acceptors (Lipinski definition) is 5. The van der Waals surface area contributed by atoms with E-state index in [1.165, 1.54) is 0 Å². The van der Waals surface area contributed by atoms with E-state index < -0.39 is 0 Å². The van der Waals surface area contributed by atoms with Crippen LogP contribution in [0.4, 0.5) is 0 Å². The van der Waals surface area contributed by atoms with E-state index in [2.05, 4.69) is 34.7 Å². The number of methoxy groups -OCH3 is 1. The molecule has 1 fully saturated rings. The lowest BCUT2D eigenvalue weighted by atomic mass is 9.58. The van der Waals surface area contributed by atoms with Crippen molar-refractivity contribution in [1.82, 2.24) is 25.4 Å². The standard InChI is InChI=1S/C20H38N6O2.HI/c1-7-20(8-2)16(13-17(20)27-6)23-19(21-11-10-12-28-9-3)22-14-18-25-24-15(4)26(18)5;/h16-17H,7-14H2,1-6H3,(H2,21,22,23);1H. The van der Waals surface area contributed by atoms with Gasteiger partial charge in [0.05, 0.1) is 6.10 Å². The molecule has 1 heterocycles. The SMILES string of the molecule is CCOCCCNC(=NCc1nnc(C)n1C)NC1CC(OC)C1(CC)CC.I. The fraction of sp³-hybridized carbons (Fsp3) is 0.850. The molecule has 0 aliphatic heterocycles. The third-order valence-electron chi connectivity index (χ3n) is 6.22. The minimum absolute atomic E-state index is 0. The molecular formula is C20H39IN6O2. The van der Waals surface area contributed by atoms with Gasteiger partial charge in [-0.15, -0.1) is 34.2 Å². The second-order valence-electron chi connectivity index (χ2n) is 7.46. The molecule has 2 atom stereocenters. The summed E-state index contributed by atoms with van der Waals surface area (Å²) >= 11 is 0. The first-order valence-electron chi connectivity index (χ1n) is 10.5. The van der Waals surface area contributed by atoms with Crippen molar-refractivity contribution in [3.05, 3.63) is 11.6 Å². The van der Waals surface area contributed by atoms with Gasteiger partial charge in [0.2, 0.25) is 0 Å². The van der Waals surface area contributed by atoms with E-state index in [0.717, 1.165) is 63.1 Å². The van der Waals surface area contributed by atoms with Crippen molar-refractivity contribution in [1.29, 1.82) is 0 Å². The second-order valence-corrected chi connectivity index (χ2v) is 7.46. The maximum absolute atomic E-state index is 5.73. The molecule has 168 valence electrons. The zero-order valence-electron chi connectivity index (χ0n) is 18.8. The molecule has 8 nitrogen and oxygen atoms in total. The molecule has 1 aromatic rings. The summed E-state index contributed by atoms with van der Waals surface area (Å²) in [5.41, 5.74) is 0.157. The van der Waals surface area contributed by atoms with E-state index in [9.17, 15) is 0 Å². The zero-order valence-corrected chi connectivity index (χ0v) is 21.2. The topological polar surface area (TPSA) is 85.6 Å². The van der Waals surface area contributed by atoms with E-state index in [4.69, 9.17) is 14.5 Å². The minimum Gasteiger partial charge on any atom is -0.382 e. The summed E-state index contributed by atoms with van der Waals surface area (Å²) in [6.45, 7) is 11.3. The summed E-state index contributed by atoms with van der Waals surface area (Å²) in [4.78, 5) is 4.78.